The minimum atomic E-state index is -0.400. The van der Waals surface area contributed by atoms with E-state index < -0.39 is 5.54 Å². The van der Waals surface area contributed by atoms with Crippen LogP contribution in [0.15, 0.2) is 48.7 Å². The fourth-order valence-corrected chi connectivity index (χ4v) is 3.01. The summed E-state index contributed by atoms with van der Waals surface area (Å²) >= 11 is 0. The quantitative estimate of drug-likeness (QED) is 0.938. The van der Waals surface area contributed by atoms with Gasteiger partial charge in [-0.05, 0) is 42.7 Å². The molecular formula is C17H17FN2O. The summed E-state index contributed by atoms with van der Waals surface area (Å²) in [5.41, 5.74) is 0.971. The van der Waals surface area contributed by atoms with Gasteiger partial charge in [0.25, 0.3) is 5.91 Å². The van der Waals surface area contributed by atoms with Gasteiger partial charge in [-0.2, -0.15) is 0 Å². The van der Waals surface area contributed by atoms with Crippen molar-refractivity contribution >= 4 is 5.91 Å². The van der Waals surface area contributed by atoms with Crippen molar-refractivity contribution in [3.8, 4) is 0 Å². The van der Waals surface area contributed by atoms with Crippen molar-refractivity contribution in [2.24, 2.45) is 0 Å². The smallest absolute Gasteiger partial charge is 0.270 e. The number of nitrogens with one attached hydrogen (secondary N) is 1. The van der Waals surface area contributed by atoms with E-state index in [4.69, 9.17) is 0 Å². The molecule has 0 saturated heterocycles. The van der Waals surface area contributed by atoms with E-state index in [2.05, 4.69) is 10.3 Å². The third kappa shape index (κ3) is 2.79. The average Bonchev–Trinajstić information content (AvgIpc) is 2.98. The van der Waals surface area contributed by atoms with Crippen molar-refractivity contribution in [3.05, 3.63) is 65.7 Å². The number of hydrogen-bond donors (Lipinski definition) is 1. The fourth-order valence-electron chi connectivity index (χ4n) is 3.01. The summed E-state index contributed by atoms with van der Waals surface area (Å²) in [7, 11) is 0. The van der Waals surface area contributed by atoms with Crippen LogP contribution in [0.4, 0.5) is 4.39 Å². The Bertz CT molecular complexity index is 619. The maximum absolute atomic E-state index is 13.1. The molecule has 108 valence electrons. The Balaban J connectivity index is 1.88. The highest BCUT2D eigenvalue weighted by Gasteiger charge is 2.37. The van der Waals surface area contributed by atoms with Crippen LogP contribution >= 0.6 is 0 Å². The van der Waals surface area contributed by atoms with Crippen LogP contribution in [0.5, 0.6) is 0 Å². The molecule has 21 heavy (non-hydrogen) atoms. The normalized spacial score (nSPS) is 16.6. The number of carbonyl (C=O) groups excluding carboxylic acids is 1. The Hall–Kier alpha value is -2.23. The first-order chi connectivity index (χ1) is 10.2. The van der Waals surface area contributed by atoms with Crippen molar-refractivity contribution in [1.82, 2.24) is 10.3 Å². The van der Waals surface area contributed by atoms with E-state index in [1.54, 1.807) is 36.5 Å². The van der Waals surface area contributed by atoms with E-state index in [0.717, 1.165) is 31.2 Å². The van der Waals surface area contributed by atoms with Crippen molar-refractivity contribution in [2.45, 2.75) is 31.2 Å². The summed E-state index contributed by atoms with van der Waals surface area (Å²) in [5.74, 6) is -0.440. The molecule has 2 aromatic rings. The van der Waals surface area contributed by atoms with Crippen LogP contribution in [0.2, 0.25) is 0 Å². The zero-order valence-corrected chi connectivity index (χ0v) is 11.7. The van der Waals surface area contributed by atoms with Gasteiger partial charge in [-0.1, -0.05) is 31.0 Å². The van der Waals surface area contributed by atoms with Crippen LogP contribution in [-0.2, 0) is 5.54 Å². The lowest BCUT2D eigenvalue weighted by atomic mass is 9.88. The predicted molar refractivity (Wildman–Crippen MR) is 78.2 cm³/mol. The lowest BCUT2D eigenvalue weighted by Crippen LogP contribution is -2.44. The topological polar surface area (TPSA) is 42.0 Å². The molecule has 0 radical (unpaired) electrons. The van der Waals surface area contributed by atoms with Crippen LogP contribution in [0, 0.1) is 5.82 Å². The van der Waals surface area contributed by atoms with Gasteiger partial charge in [0.1, 0.15) is 11.5 Å². The number of benzene rings is 1. The minimum Gasteiger partial charge on any atom is -0.341 e. The summed E-state index contributed by atoms with van der Waals surface area (Å²) in [5, 5.41) is 3.12. The maximum Gasteiger partial charge on any atom is 0.270 e. The van der Waals surface area contributed by atoms with Gasteiger partial charge in [-0.3, -0.25) is 9.78 Å². The predicted octanol–water partition coefficient (Wildman–Crippen LogP) is 3.42. The number of carbonyl (C=O) groups is 1. The molecule has 0 bridgehead atoms. The highest BCUT2D eigenvalue weighted by atomic mass is 19.1. The van der Waals surface area contributed by atoms with Gasteiger partial charge in [0.2, 0.25) is 0 Å². The minimum absolute atomic E-state index is 0.179. The number of rotatable bonds is 3. The number of halogens is 1. The van der Waals surface area contributed by atoms with E-state index in [-0.39, 0.29) is 11.7 Å². The molecule has 0 atom stereocenters. The molecule has 1 fully saturated rings. The first-order valence-electron chi connectivity index (χ1n) is 7.19. The van der Waals surface area contributed by atoms with Gasteiger partial charge in [0.05, 0.1) is 5.54 Å². The molecule has 1 heterocycles. The Morgan fingerprint density at radius 2 is 1.81 bits per heavy atom. The van der Waals surface area contributed by atoms with Gasteiger partial charge in [0, 0.05) is 6.20 Å². The van der Waals surface area contributed by atoms with Gasteiger partial charge in [-0.15, -0.1) is 0 Å². The maximum atomic E-state index is 13.1. The van der Waals surface area contributed by atoms with Gasteiger partial charge in [0.15, 0.2) is 0 Å². The lowest BCUT2D eigenvalue weighted by molar-refractivity contribution is 0.0893. The molecule has 4 heteroatoms. The SMILES string of the molecule is O=C(NC1(c2ccc(F)cc2)CCCC1)c1ccccn1. The molecule has 1 saturated carbocycles. The highest BCUT2D eigenvalue weighted by molar-refractivity contribution is 5.92. The number of nitrogens with zero attached hydrogens (tertiary/aromatic N) is 1. The molecule has 0 aliphatic heterocycles. The van der Waals surface area contributed by atoms with Crippen LogP contribution in [-0.4, -0.2) is 10.9 Å². The van der Waals surface area contributed by atoms with E-state index >= 15 is 0 Å². The highest BCUT2D eigenvalue weighted by Crippen LogP contribution is 2.38. The summed E-state index contributed by atoms with van der Waals surface area (Å²) in [6.07, 6.45) is 5.46. The summed E-state index contributed by atoms with van der Waals surface area (Å²) in [4.78, 5) is 16.5. The second kappa shape index (κ2) is 5.64. The van der Waals surface area contributed by atoms with E-state index in [9.17, 15) is 9.18 Å². The number of pyridine rings is 1. The van der Waals surface area contributed by atoms with Crippen molar-refractivity contribution < 1.29 is 9.18 Å². The molecular weight excluding hydrogens is 267 g/mol. The molecule has 1 aromatic heterocycles. The molecule has 1 aliphatic carbocycles. The van der Waals surface area contributed by atoms with Crippen LogP contribution in [0.3, 0.4) is 0 Å². The van der Waals surface area contributed by atoms with Gasteiger partial charge < -0.3 is 5.32 Å². The molecule has 1 N–H and O–H groups in total. The molecule has 1 aliphatic rings. The zero-order chi connectivity index (χ0) is 14.7. The third-order valence-corrected chi connectivity index (χ3v) is 4.10. The van der Waals surface area contributed by atoms with Crippen molar-refractivity contribution in [1.29, 1.82) is 0 Å². The lowest BCUT2D eigenvalue weighted by Gasteiger charge is -2.31. The number of hydrogen-bond acceptors (Lipinski definition) is 2. The molecule has 3 rings (SSSR count). The zero-order valence-electron chi connectivity index (χ0n) is 11.7. The Morgan fingerprint density at radius 1 is 1.10 bits per heavy atom. The first-order valence-corrected chi connectivity index (χ1v) is 7.19. The van der Waals surface area contributed by atoms with E-state index in [1.165, 1.54) is 12.1 Å². The Kier molecular flexibility index (Phi) is 3.69. The summed E-state index contributed by atoms with van der Waals surface area (Å²) in [6.45, 7) is 0. The van der Waals surface area contributed by atoms with E-state index in [0.29, 0.717) is 5.69 Å². The molecule has 3 nitrogen and oxygen atoms in total. The fraction of sp³-hybridized carbons (Fsp3) is 0.294. The number of amides is 1. The molecule has 0 unspecified atom stereocenters. The largest absolute Gasteiger partial charge is 0.341 e. The second-order valence-corrected chi connectivity index (χ2v) is 5.47. The van der Waals surface area contributed by atoms with Crippen LogP contribution in [0.25, 0.3) is 0 Å². The van der Waals surface area contributed by atoms with Gasteiger partial charge >= 0.3 is 0 Å². The monoisotopic (exact) mass is 284 g/mol. The van der Waals surface area contributed by atoms with E-state index in [1.807, 2.05) is 0 Å². The molecule has 1 aromatic carbocycles. The average molecular weight is 284 g/mol. The van der Waals surface area contributed by atoms with Crippen molar-refractivity contribution in [2.75, 3.05) is 0 Å². The van der Waals surface area contributed by atoms with Crippen LogP contribution in [0.1, 0.15) is 41.7 Å². The Labute approximate surface area is 123 Å². The first kappa shape index (κ1) is 13.7. The van der Waals surface area contributed by atoms with Crippen molar-refractivity contribution in [3.63, 3.8) is 0 Å². The molecule has 0 spiro atoms. The summed E-state index contributed by atoms with van der Waals surface area (Å²) in [6, 6.07) is 11.7. The summed E-state index contributed by atoms with van der Waals surface area (Å²) < 4.78 is 13.1. The third-order valence-electron chi connectivity index (χ3n) is 4.10. The van der Waals surface area contributed by atoms with Crippen LogP contribution < -0.4 is 5.32 Å². The Morgan fingerprint density at radius 3 is 2.43 bits per heavy atom. The standard InChI is InChI=1S/C17H17FN2O/c18-14-8-6-13(7-9-14)17(10-2-3-11-17)20-16(21)15-5-1-4-12-19-15/h1,4-9,12H,2-3,10-11H2,(H,20,21). The van der Waals surface area contributed by atoms with Gasteiger partial charge in [-0.25, -0.2) is 4.39 Å². The second-order valence-electron chi connectivity index (χ2n) is 5.47. The number of aromatic nitrogens is 1. The molecule has 1 amide bonds.